The second-order valence-electron chi connectivity index (χ2n) is 8.37. The number of nitrogens with one attached hydrogen (secondary N) is 3. The van der Waals surface area contributed by atoms with Crippen molar-refractivity contribution in [3.63, 3.8) is 0 Å². The van der Waals surface area contributed by atoms with Gasteiger partial charge >= 0.3 is 11.8 Å². The molecule has 0 radical (unpaired) electrons. The molecule has 0 aliphatic heterocycles. The number of carbonyl (C=O) groups excluding carboxylic acids is 2. The van der Waals surface area contributed by atoms with E-state index in [0.29, 0.717) is 30.8 Å². The molecule has 36 heavy (non-hydrogen) atoms. The molecule has 0 fully saturated rings. The van der Waals surface area contributed by atoms with Crippen LogP contribution in [0.15, 0.2) is 77.6 Å². The lowest BCUT2D eigenvalue weighted by Gasteiger charge is -2.18. The Balaban J connectivity index is 1.43. The molecular weight excluding hydrogens is 456 g/mol. The molecule has 3 N–H and O–H groups in total. The third-order valence-electron chi connectivity index (χ3n) is 5.75. The average Bonchev–Trinajstić information content (AvgIpc) is 3.26. The van der Waals surface area contributed by atoms with Crippen LogP contribution in [-0.2, 0) is 16.0 Å². The smallest absolute Gasteiger partial charge is 0.314 e. The highest BCUT2D eigenvalue weighted by molar-refractivity contribution is 6.39. The van der Waals surface area contributed by atoms with Gasteiger partial charge < -0.3 is 10.6 Å². The summed E-state index contributed by atoms with van der Waals surface area (Å²) in [6.07, 6.45) is 1.19. The van der Waals surface area contributed by atoms with E-state index in [-0.39, 0.29) is 23.2 Å². The van der Waals surface area contributed by atoms with E-state index in [4.69, 9.17) is 0 Å². The number of aromatic nitrogens is 4. The highest BCUT2D eigenvalue weighted by Gasteiger charge is 2.20. The molecule has 4 rings (SSSR count). The lowest BCUT2D eigenvalue weighted by atomic mass is 9.88. The van der Waals surface area contributed by atoms with Gasteiger partial charge in [0.1, 0.15) is 5.82 Å². The van der Waals surface area contributed by atoms with Crippen LogP contribution < -0.4 is 16.2 Å². The van der Waals surface area contributed by atoms with E-state index in [2.05, 4.69) is 50.0 Å². The van der Waals surface area contributed by atoms with Crippen molar-refractivity contribution in [3.8, 4) is 5.95 Å². The Bertz CT molecular complexity index is 1360. The quantitative estimate of drug-likeness (QED) is 0.332. The highest BCUT2D eigenvalue weighted by Crippen LogP contribution is 2.27. The molecular formula is C27H28N6O3. The van der Waals surface area contributed by atoms with Crippen molar-refractivity contribution in [2.45, 2.75) is 32.6 Å². The van der Waals surface area contributed by atoms with Gasteiger partial charge in [0.15, 0.2) is 0 Å². The van der Waals surface area contributed by atoms with E-state index >= 15 is 0 Å². The van der Waals surface area contributed by atoms with E-state index in [9.17, 15) is 14.4 Å². The Labute approximate surface area is 208 Å². The lowest BCUT2D eigenvalue weighted by molar-refractivity contribution is -0.136. The van der Waals surface area contributed by atoms with E-state index < -0.39 is 11.8 Å². The SMILES string of the molecule is CCc1cc(=O)[nH]c(-n2nc(C)cc2NC(=O)C(=O)NCCC(c2ccccc2)c2ccccc2)n1. The van der Waals surface area contributed by atoms with Crippen molar-refractivity contribution in [1.82, 2.24) is 25.1 Å². The van der Waals surface area contributed by atoms with Crippen molar-refractivity contribution in [1.29, 1.82) is 0 Å². The average molecular weight is 485 g/mol. The highest BCUT2D eigenvalue weighted by atomic mass is 16.2. The van der Waals surface area contributed by atoms with E-state index in [1.165, 1.54) is 10.7 Å². The predicted octanol–water partition coefficient (Wildman–Crippen LogP) is 3.10. The molecule has 9 heteroatoms. The Morgan fingerprint density at radius 1 is 0.972 bits per heavy atom. The van der Waals surface area contributed by atoms with Gasteiger partial charge in [0, 0.05) is 30.3 Å². The molecule has 0 spiro atoms. The molecule has 2 amide bonds. The van der Waals surface area contributed by atoms with Crippen LogP contribution in [0.25, 0.3) is 5.95 Å². The lowest BCUT2D eigenvalue weighted by Crippen LogP contribution is -2.37. The minimum atomic E-state index is -0.832. The Hall–Kier alpha value is -4.53. The number of hydrogen-bond acceptors (Lipinski definition) is 5. The van der Waals surface area contributed by atoms with Crippen LogP contribution in [0.5, 0.6) is 0 Å². The minimum absolute atomic E-state index is 0.0774. The first-order valence-electron chi connectivity index (χ1n) is 11.8. The van der Waals surface area contributed by atoms with Crippen molar-refractivity contribution in [3.05, 3.63) is 106 Å². The Kier molecular flexibility index (Phi) is 7.69. The van der Waals surface area contributed by atoms with Gasteiger partial charge in [-0.2, -0.15) is 9.78 Å². The van der Waals surface area contributed by atoms with Crippen LogP contribution in [0.3, 0.4) is 0 Å². The summed E-state index contributed by atoms with van der Waals surface area (Å²) < 4.78 is 1.31. The van der Waals surface area contributed by atoms with E-state index in [1.807, 2.05) is 43.3 Å². The summed E-state index contributed by atoms with van der Waals surface area (Å²) in [5, 5.41) is 9.59. The van der Waals surface area contributed by atoms with Crippen molar-refractivity contribution in [2.24, 2.45) is 0 Å². The monoisotopic (exact) mass is 484 g/mol. The fraction of sp³-hybridized carbons (Fsp3) is 0.222. The summed E-state index contributed by atoms with van der Waals surface area (Å²) in [4.78, 5) is 44.2. The molecule has 9 nitrogen and oxygen atoms in total. The fourth-order valence-electron chi connectivity index (χ4n) is 4.01. The molecule has 2 aromatic heterocycles. The minimum Gasteiger partial charge on any atom is -0.348 e. The third kappa shape index (κ3) is 5.93. The maximum atomic E-state index is 12.7. The molecule has 0 unspecified atom stereocenters. The topological polar surface area (TPSA) is 122 Å². The van der Waals surface area contributed by atoms with Crippen LogP contribution in [0.4, 0.5) is 5.82 Å². The summed E-state index contributed by atoms with van der Waals surface area (Å²) in [6.45, 7) is 3.93. The molecule has 0 saturated carbocycles. The van der Waals surface area contributed by atoms with Gasteiger partial charge in [-0.25, -0.2) is 4.98 Å². The van der Waals surface area contributed by atoms with Gasteiger partial charge in [0.2, 0.25) is 5.95 Å². The van der Waals surface area contributed by atoms with Crippen LogP contribution in [0, 0.1) is 6.92 Å². The second kappa shape index (κ2) is 11.3. The zero-order valence-electron chi connectivity index (χ0n) is 20.2. The summed E-state index contributed by atoms with van der Waals surface area (Å²) in [5.41, 5.74) is 3.12. The number of carbonyl (C=O) groups is 2. The second-order valence-corrected chi connectivity index (χ2v) is 8.37. The predicted molar refractivity (Wildman–Crippen MR) is 137 cm³/mol. The van der Waals surface area contributed by atoms with Gasteiger partial charge in [-0.1, -0.05) is 67.6 Å². The maximum Gasteiger partial charge on any atom is 0.314 e. The first-order valence-corrected chi connectivity index (χ1v) is 11.8. The maximum absolute atomic E-state index is 12.7. The molecule has 4 aromatic rings. The number of nitrogens with zero attached hydrogens (tertiary/aromatic N) is 3. The Morgan fingerprint density at radius 3 is 2.22 bits per heavy atom. The zero-order valence-corrected chi connectivity index (χ0v) is 20.2. The molecule has 0 aliphatic carbocycles. The van der Waals surface area contributed by atoms with Crippen LogP contribution in [-0.4, -0.2) is 38.1 Å². The summed E-state index contributed by atoms with van der Waals surface area (Å²) in [6, 6.07) is 23.1. The van der Waals surface area contributed by atoms with Gasteiger partial charge in [-0.3, -0.25) is 19.4 Å². The summed E-state index contributed by atoms with van der Waals surface area (Å²) >= 11 is 0. The van der Waals surface area contributed by atoms with Gasteiger partial charge in [0.05, 0.1) is 5.69 Å². The van der Waals surface area contributed by atoms with Crippen LogP contribution >= 0.6 is 0 Å². The van der Waals surface area contributed by atoms with Crippen LogP contribution in [0.2, 0.25) is 0 Å². The molecule has 0 saturated heterocycles. The molecule has 2 aromatic carbocycles. The number of rotatable bonds is 8. The number of benzene rings is 2. The van der Waals surface area contributed by atoms with Crippen LogP contribution in [0.1, 0.15) is 41.8 Å². The largest absolute Gasteiger partial charge is 0.348 e. The molecule has 184 valence electrons. The molecule has 2 heterocycles. The summed E-state index contributed by atoms with van der Waals surface area (Å²) in [7, 11) is 0. The number of amides is 2. The first-order chi connectivity index (χ1) is 17.4. The van der Waals surface area contributed by atoms with Gasteiger partial charge in [-0.15, -0.1) is 0 Å². The number of aromatic amines is 1. The summed E-state index contributed by atoms with van der Waals surface area (Å²) in [5.74, 6) is -1.12. The third-order valence-corrected chi connectivity index (χ3v) is 5.75. The number of H-pyrrole nitrogens is 1. The first kappa shape index (κ1) is 24.6. The molecule has 0 bridgehead atoms. The number of anilines is 1. The Morgan fingerprint density at radius 2 is 1.61 bits per heavy atom. The standard InChI is InChI=1S/C27H28N6O3/c1-3-21-17-24(34)31-27(29-21)33-23(16-18(2)32-33)30-26(36)25(35)28-15-14-22(19-10-6-4-7-11-19)20-12-8-5-9-13-20/h4-13,16-17,22H,3,14-15H2,1-2H3,(H,28,35)(H,30,36)(H,29,31,34). The fourth-order valence-corrected chi connectivity index (χ4v) is 4.01. The van der Waals surface area contributed by atoms with Crippen molar-refractivity contribution in [2.75, 3.05) is 11.9 Å². The number of hydrogen-bond donors (Lipinski definition) is 3. The molecule has 0 aliphatic rings. The van der Waals surface area contributed by atoms with E-state index in [1.54, 1.807) is 13.0 Å². The van der Waals surface area contributed by atoms with Crippen molar-refractivity contribution < 1.29 is 9.59 Å². The van der Waals surface area contributed by atoms with Crippen molar-refractivity contribution >= 4 is 17.6 Å². The number of aryl methyl sites for hydroxylation is 2. The zero-order chi connectivity index (χ0) is 25.5. The van der Waals surface area contributed by atoms with Gasteiger partial charge in [0.25, 0.3) is 5.56 Å². The normalized spacial score (nSPS) is 10.9. The van der Waals surface area contributed by atoms with Gasteiger partial charge in [-0.05, 0) is 30.9 Å². The van der Waals surface area contributed by atoms with E-state index in [0.717, 1.165) is 11.1 Å². The molecule has 0 atom stereocenters.